The van der Waals surface area contributed by atoms with Crippen molar-refractivity contribution in [2.75, 3.05) is 6.61 Å². The van der Waals surface area contributed by atoms with Gasteiger partial charge in [-0.15, -0.1) is 0 Å². The fourth-order valence-corrected chi connectivity index (χ4v) is 1.80. The quantitative estimate of drug-likeness (QED) is 0.747. The van der Waals surface area contributed by atoms with Crippen LogP contribution in [0.2, 0.25) is 0 Å². The Morgan fingerprint density at radius 2 is 2.11 bits per heavy atom. The lowest BCUT2D eigenvalue weighted by Crippen LogP contribution is -2.07. The van der Waals surface area contributed by atoms with E-state index in [1.54, 1.807) is 19.1 Å². The van der Waals surface area contributed by atoms with Crippen molar-refractivity contribution in [1.82, 2.24) is 5.32 Å². The molecule has 0 bridgehead atoms. The first kappa shape index (κ1) is 12.6. The number of rotatable bonds is 5. The summed E-state index contributed by atoms with van der Waals surface area (Å²) in [5.74, 6) is 0.547. The molecular weight excluding hydrogens is 228 g/mol. The third-order valence-electron chi connectivity index (χ3n) is 2.74. The van der Waals surface area contributed by atoms with Gasteiger partial charge in [0.25, 0.3) is 0 Å². The Labute approximate surface area is 107 Å². The standard InChI is InChI=1S/C14H17N2O2/c1-3-5-6-13-15-11-8-7-10(9-12(11)16-13)14(17)18-4-2/h7-9H,3-6H2,1-2H3. The average Bonchev–Trinajstić information content (AvgIpc) is 2.78. The molecule has 1 aromatic rings. The summed E-state index contributed by atoms with van der Waals surface area (Å²) in [5, 5.41) is 4.43. The molecule has 1 aliphatic rings. The van der Waals surface area contributed by atoms with Gasteiger partial charge >= 0.3 is 5.97 Å². The van der Waals surface area contributed by atoms with Crippen LogP contribution in [0.1, 0.15) is 43.5 Å². The maximum atomic E-state index is 11.6. The molecule has 0 atom stereocenters. The molecule has 1 aliphatic heterocycles. The van der Waals surface area contributed by atoms with Crippen LogP contribution in [-0.4, -0.2) is 18.4 Å². The van der Waals surface area contributed by atoms with Gasteiger partial charge in [-0.1, -0.05) is 13.3 Å². The maximum Gasteiger partial charge on any atom is 0.338 e. The number of ether oxygens (including phenoxy) is 1. The number of aliphatic imine (C=N–C) groups is 1. The number of unbranched alkanes of at least 4 members (excludes halogenated alkanes) is 1. The Hall–Kier alpha value is -1.84. The summed E-state index contributed by atoms with van der Waals surface area (Å²) in [6, 6.07) is 5.30. The number of esters is 1. The van der Waals surface area contributed by atoms with E-state index < -0.39 is 0 Å². The van der Waals surface area contributed by atoms with E-state index in [9.17, 15) is 4.79 Å². The molecule has 0 saturated carbocycles. The predicted molar refractivity (Wildman–Crippen MR) is 70.8 cm³/mol. The van der Waals surface area contributed by atoms with Gasteiger partial charge in [-0.25, -0.2) is 15.1 Å². The first-order valence-electron chi connectivity index (χ1n) is 6.35. The summed E-state index contributed by atoms with van der Waals surface area (Å²) in [6.45, 7) is 4.31. The summed E-state index contributed by atoms with van der Waals surface area (Å²) in [6.07, 6.45) is 3.10. The van der Waals surface area contributed by atoms with Crippen molar-refractivity contribution in [2.24, 2.45) is 4.99 Å². The summed E-state index contributed by atoms with van der Waals surface area (Å²) < 4.78 is 4.96. The van der Waals surface area contributed by atoms with Crippen molar-refractivity contribution in [3.05, 3.63) is 23.8 Å². The second-order valence-electron chi connectivity index (χ2n) is 4.17. The Morgan fingerprint density at radius 1 is 1.28 bits per heavy atom. The van der Waals surface area contributed by atoms with Crippen LogP contribution < -0.4 is 5.32 Å². The molecule has 1 radical (unpaired) electrons. The highest BCUT2D eigenvalue weighted by Crippen LogP contribution is 2.32. The second kappa shape index (κ2) is 5.67. The van der Waals surface area contributed by atoms with Crippen molar-refractivity contribution in [1.29, 1.82) is 0 Å². The molecule has 18 heavy (non-hydrogen) atoms. The minimum absolute atomic E-state index is 0.308. The summed E-state index contributed by atoms with van der Waals surface area (Å²) in [5.41, 5.74) is 2.15. The van der Waals surface area contributed by atoms with E-state index in [1.165, 1.54) is 0 Å². The zero-order chi connectivity index (χ0) is 13.0. The lowest BCUT2D eigenvalue weighted by molar-refractivity contribution is 0.0526. The van der Waals surface area contributed by atoms with Crippen molar-refractivity contribution in [3.63, 3.8) is 0 Å². The van der Waals surface area contributed by atoms with Crippen LogP contribution in [-0.2, 0) is 4.74 Å². The summed E-state index contributed by atoms with van der Waals surface area (Å²) in [7, 11) is 0. The zero-order valence-electron chi connectivity index (χ0n) is 10.8. The monoisotopic (exact) mass is 245 g/mol. The van der Waals surface area contributed by atoms with Gasteiger partial charge in [0.2, 0.25) is 0 Å². The van der Waals surface area contributed by atoms with E-state index in [2.05, 4.69) is 17.2 Å². The molecule has 1 aromatic carbocycles. The van der Waals surface area contributed by atoms with Gasteiger partial charge in [-0.2, -0.15) is 0 Å². The molecule has 1 heterocycles. The van der Waals surface area contributed by atoms with Crippen LogP contribution >= 0.6 is 0 Å². The maximum absolute atomic E-state index is 11.6. The smallest absolute Gasteiger partial charge is 0.338 e. The topological polar surface area (TPSA) is 52.8 Å². The normalized spacial score (nSPS) is 12.7. The van der Waals surface area contributed by atoms with Gasteiger partial charge < -0.3 is 4.74 Å². The van der Waals surface area contributed by atoms with E-state index in [4.69, 9.17) is 4.74 Å². The van der Waals surface area contributed by atoms with Crippen LogP contribution in [0.15, 0.2) is 23.2 Å². The van der Waals surface area contributed by atoms with Crippen LogP contribution in [0.4, 0.5) is 11.4 Å². The van der Waals surface area contributed by atoms with Crippen molar-refractivity contribution >= 4 is 23.2 Å². The number of carbonyl (C=O) groups is 1. The van der Waals surface area contributed by atoms with Crippen LogP contribution in [0.25, 0.3) is 0 Å². The van der Waals surface area contributed by atoms with Crippen LogP contribution in [0.3, 0.4) is 0 Å². The van der Waals surface area contributed by atoms with Crippen molar-refractivity contribution < 1.29 is 9.53 Å². The fourth-order valence-electron chi connectivity index (χ4n) is 1.80. The van der Waals surface area contributed by atoms with Crippen LogP contribution in [0.5, 0.6) is 0 Å². The molecule has 95 valence electrons. The molecule has 0 unspecified atom stereocenters. The summed E-state index contributed by atoms with van der Waals surface area (Å²) in [4.78, 5) is 16.0. The molecule has 0 amide bonds. The molecule has 0 fully saturated rings. The van der Waals surface area contributed by atoms with Crippen molar-refractivity contribution in [3.8, 4) is 0 Å². The minimum Gasteiger partial charge on any atom is -0.462 e. The molecular formula is C14H17N2O2. The molecule has 4 heteroatoms. The average molecular weight is 245 g/mol. The molecule has 2 rings (SSSR count). The minimum atomic E-state index is -0.308. The number of carbonyl (C=O) groups excluding carboxylic acids is 1. The Balaban J connectivity index is 2.09. The van der Waals surface area contributed by atoms with E-state index in [-0.39, 0.29) is 5.97 Å². The lowest BCUT2D eigenvalue weighted by atomic mass is 10.2. The highest BCUT2D eigenvalue weighted by Gasteiger charge is 2.17. The number of hydrogen-bond acceptors (Lipinski definition) is 3. The number of fused-ring (bicyclic) bond motifs is 1. The van der Waals surface area contributed by atoms with E-state index in [0.717, 1.165) is 36.5 Å². The number of benzene rings is 1. The number of hydrogen-bond donors (Lipinski definition) is 0. The fraction of sp³-hybridized carbons (Fsp3) is 0.429. The third-order valence-corrected chi connectivity index (χ3v) is 2.74. The summed E-state index contributed by atoms with van der Waals surface area (Å²) >= 11 is 0. The van der Waals surface area contributed by atoms with E-state index >= 15 is 0 Å². The molecule has 0 saturated heterocycles. The van der Waals surface area contributed by atoms with E-state index in [0.29, 0.717) is 12.2 Å². The van der Waals surface area contributed by atoms with Crippen molar-refractivity contribution in [2.45, 2.75) is 33.1 Å². The molecule has 4 nitrogen and oxygen atoms in total. The Kier molecular flexibility index (Phi) is 3.97. The highest BCUT2D eigenvalue weighted by atomic mass is 16.5. The first-order chi connectivity index (χ1) is 8.74. The molecule has 0 spiro atoms. The van der Waals surface area contributed by atoms with Gasteiger partial charge in [0, 0.05) is 6.42 Å². The Morgan fingerprint density at radius 3 is 2.83 bits per heavy atom. The van der Waals surface area contributed by atoms with Gasteiger partial charge in [0.1, 0.15) is 5.84 Å². The lowest BCUT2D eigenvalue weighted by Gasteiger charge is -2.03. The predicted octanol–water partition coefficient (Wildman–Crippen LogP) is 3.33. The van der Waals surface area contributed by atoms with Crippen LogP contribution in [0, 0.1) is 0 Å². The number of nitrogens with zero attached hydrogens (tertiary/aromatic N) is 2. The van der Waals surface area contributed by atoms with Gasteiger partial charge in [-0.05, 0) is 31.5 Å². The number of amidine groups is 1. The molecule has 0 N–H and O–H groups in total. The first-order valence-corrected chi connectivity index (χ1v) is 6.35. The highest BCUT2D eigenvalue weighted by molar-refractivity contribution is 5.99. The van der Waals surface area contributed by atoms with Gasteiger partial charge in [-0.3, -0.25) is 0 Å². The SMILES string of the molecule is CCCCC1=Nc2ccc(C(=O)OCC)cc2[N]1. The largest absolute Gasteiger partial charge is 0.462 e. The van der Waals surface area contributed by atoms with E-state index in [1.807, 2.05) is 6.07 Å². The molecule has 0 aliphatic carbocycles. The molecule has 0 aromatic heterocycles. The zero-order valence-corrected chi connectivity index (χ0v) is 10.8. The van der Waals surface area contributed by atoms with Gasteiger partial charge in [0.15, 0.2) is 0 Å². The third kappa shape index (κ3) is 2.70. The Bertz CT molecular complexity index is 481. The van der Waals surface area contributed by atoms with Gasteiger partial charge in [0.05, 0.1) is 23.5 Å². The second-order valence-corrected chi connectivity index (χ2v) is 4.17.